The fourth-order valence-corrected chi connectivity index (χ4v) is 2.07. The highest BCUT2D eigenvalue weighted by Gasteiger charge is 2.09. The van der Waals surface area contributed by atoms with Gasteiger partial charge in [0.1, 0.15) is 5.82 Å². The Morgan fingerprint density at radius 3 is 2.83 bits per heavy atom. The normalized spacial score (nSPS) is 11.0. The number of aromatic nitrogens is 3. The first-order chi connectivity index (χ1) is 8.75. The van der Waals surface area contributed by atoms with Crippen LogP contribution in [0, 0.1) is 12.7 Å². The first-order valence-electron chi connectivity index (χ1n) is 5.77. The van der Waals surface area contributed by atoms with Crippen LogP contribution in [0.25, 0.3) is 11.0 Å². The van der Waals surface area contributed by atoms with Crippen molar-refractivity contribution in [3.05, 3.63) is 59.7 Å². The first kappa shape index (κ1) is 10.9. The third-order valence-corrected chi connectivity index (χ3v) is 2.97. The van der Waals surface area contributed by atoms with Crippen LogP contribution >= 0.6 is 0 Å². The van der Waals surface area contributed by atoms with Crippen molar-refractivity contribution in [1.29, 1.82) is 0 Å². The number of hydrogen-bond acceptors (Lipinski definition) is 2. The molecule has 90 valence electrons. The Bertz CT molecular complexity index is 703. The van der Waals surface area contributed by atoms with Gasteiger partial charge in [-0.2, -0.15) is 5.10 Å². The van der Waals surface area contributed by atoms with Gasteiger partial charge in [-0.25, -0.2) is 14.1 Å². The lowest BCUT2D eigenvalue weighted by molar-refractivity contribution is 0.588. The number of rotatable bonds is 2. The molecule has 0 atom stereocenters. The molecule has 1 aromatic carbocycles. The van der Waals surface area contributed by atoms with Gasteiger partial charge in [-0.15, -0.1) is 0 Å². The molecule has 18 heavy (non-hydrogen) atoms. The standard InChI is InChI=1S/C14H12FN3/c1-10-12-6-4-8-16-14(12)18(17-10)9-11-5-2-3-7-13(11)15/h2-8H,9H2,1H3. The summed E-state index contributed by atoms with van der Waals surface area (Å²) in [6.45, 7) is 2.33. The second kappa shape index (κ2) is 4.22. The van der Waals surface area contributed by atoms with E-state index in [0.29, 0.717) is 12.1 Å². The molecule has 3 rings (SSSR count). The molecule has 0 spiro atoms. The zero-order valence-corrected chi connectivity index (χ0v) is 9.97. The van der Waals surface area contributed by atoms with Crippen LogP contribution in [-0.4, -0.2) is 14.8 Å². The van der Waals surface area contributed by atoms with Crippen molar-refractivity contribution >= 4 is 11.0 Å². The maximum Gasteiger partial charge on any atom is 0.158 e. The van der Waals surface area contributed by atoms with E-state index < -0.39 is 0 Å². The molecule has 0 aliphatic rings. The summed E-state index contributed by atoms with van der Waals surface area (Å²) < 4.78 is 15.4. The highest BCUT2D eigenvalue weighted by molar-refractivity contribution is 5.77. The van der Waals surface area contributed by atoms with Crippen molar-refractivity contribution in [2.45, 2.75) is 13.5 Å². The van der Waals surface area contributed by atoms with Gasteiger partial charge in [0.25, 0.3) is 0 Å². The van der Waals surface area contributed by atoms with Crippen LogP contribution in [0.2, 0.25) is 0 Å². The number of fused-ring (bicyclic) bond motifs is 1. The van der Waals surface area contributed by atoms with Crippen LogP contribution in [0.15, 0.2) is 42.6 Å². The lowest BCUT2D eigenvalue weighted by atomic mass is 10.2. The van der Waals surface area contributed by atoms with Gasteiger partial charge in [-0.3, -0.25) is 0 Å². The molecule has 0 fully saturated rings. The summed E-state index contributed by atoms with van der Waals surface area (Å²) in [5.74, 6) is -0.213. The Hall–Kier alpha value is -2.23. The number of nitrogens with zero attached hydrogens (tertiary/aromatic N) is 3. The molecular weight excluding hydrogens is 229 g/mol. The molecule has 4 heteroatoms. The molecule has 0 saturated carbocycles. The summed E-state index contributed by atoms with van der Waals surface area (Å²) in [6, 6.07) is 10.6. The summed E-state index contributed by atoms with van der Waals surface area (Å²) in [7, 11) is 0. The quantitative estimate of drug-likeness (QED) is 0.690. The molecular formula is C14H12FN3. The van der Waals surface area contributed by atoms with Gasteiger partial charge in [-0.1, -0.05) is 18.2 Å². The second-order valence-electron chi connectivity index (χ2n) is 4.21. The summed E-state index contributed by atoms with van der Waals surface area (Å²) >= 11 is 0. The number of pyridine rings is 1. The minimum absolute atomic E-state index is 0.213. The van der Waals surface area contributed by atoms with Gasteiger partial charge in [0.15, 0.2) is 5.65 Å². The molecule has 0 bridgehead atoms. The third kappa shape index (κ3) is 1.76. The van der Waals surface area contributed by atoms with Crippen LogP contribution in [0.1, 0.15) is 11.3 Å². The minimum Gasteiger partial charge on any atom is -0.242 e. The Morgan fingerprint density at radius 2 is 2.00 bits per heavy atom. The molecule has 3 nitrogen and oxygen atoms in total. The lowest BCUT2D eigenvalue weighted by Crippen LogP contribution is -2.04. The van der Waals surface area contributed by atoms with E-state index in [4.69, 9.17) is 0 Å². The van der Waals surface area contributed by atoms with Crippen molar-refractivity contribution in [3.63, 3.8) is 0 Å². The van der Waals surface area contributed by atoms with E-state index in [-0.39, 0.29) is 5.82 Å². The van der Waals surface area contributed by atoms with Crippen LogP contribution in [0.5, 0.6) is 0 Å². The Labute approximate surface area is 104 Å². The van der Waals surface area contributed by atoms with Crippen molar-refractivity contribution in [2.24, 2.45) is 0 Å². The summed E-state index contributed by atoms with van der Waals surface area (Å²) in [4.78, 5) is 4.31. The van der Waals surface area contributed by atoms with Crippen molar-refractivity contribution in [1.82, 2.24) is 14.8 Å². The SMILES string of the molecule is Cc1nn(Cc2ccccc2F)c2ncccc12. The minimum atomic E-state index is -0.213. The van der Waals surface area contributed by atoms with E-state index >= 15 is 0 Å². The van der Waals surface area contributed by atoms with Crippen LogP contribution < -0.4 is 0 Å². The zero-order valence-electron chi connectivity index (χ0n) is 9.97. The van der Waals surface area contributed by atoms with E-state index in [1.165, 1.54) is 6.07 Å². The van der Waals surface area contributed by atoms with Crippen LogP contribution in [-0.2, 0) is 6.54 Å². The predicted octanol–water partition coefficient (Wildman–Crippen LogP) is 2.93. The molecule has 0 aliphatic heterocycles. The molecule has 0 amide bonds. The maximum atomic E-state index is 13.6. The Morgan fingerprint density at radius 1 is 1.17 bits per heavy atom. The molecule has 3 aromatic rings. The number of benzene rings is 1. The van der Waals surface area contributed by atoms with Gasteiger partial charge < -0.3 is 0 Å². The molecule has 0 aliphatic carbocycles. The maximum absolute atomic E-state index is 13.6. The van der Waals surface area contributed by atoms with E-state index in [9.17, 15) is 4.39 Å². The van der Waals surface area contributed by atoms with Gasteiger partial charge in [-0.05, 0) is 25.1 Å². The van der Waals surface area contributed by atoms with E-state index in [1.54, 1.807) is 23.0 Å². The molecule has 0 saturated heterocycles. The van der Waals surface area contributed by atoms with Gasteiger partial charge >= 0.3 is 0 Å². The van der Waals surface area contributed by atoms with Crippen molar-refractivity contribution < 1.29 is 4.39 Å². The average molecular weight is 241 g/mol. The fourth-order valence-electron chi connectivity index (χ4n) is 2.07. The Balaban J connectivity index is 2.08. The molecule has 0 N–H and O–H groups in total. The largest absolute Gasteiger partial charge is 0.242 e. The second-order valence-corrected chi connectivity index (χ2v) is 4.21. The number of aryl methyl sites for hydroxylation is 1. The Kier molecular flexibility index (Phi) is 2.55. The molecule has 2 aromatic heterocycles. The fraction of sp³-hybridized carbons (Fsp3) is 0.143. The predicted molar refractivity (Wildman–Crippen MR) is 67.8 cm³/mol. The molecule has 0 unspecified atom stereocenters. The summed E-state index contributed by atoms with van der Waals surface area (Å²) in [6.07, 6.45) is 1.72. The highest BCUT2D eigenvalue weighted by Crippen LogP contribution is 2.17. The third-order valence-electron chi connectivity index (χ3n) is 2.97. The molecule has 0 radical (unpaired) electrons. The van der Waals surface area contributed by atoms with Gasteiger partial charge in [0.05, 0.1) is 12.2 Å². The number of hydrogen-bond donors (Lipinski definition) is 0. The average Bonchev–Trinajstić information content (AvgIpc) is 2.70. The topological polar surface area (TPSA) is 30.7 Å². The highest BCUT2D eigenvalue weighted by atomic mass is 19.1. The van der Waals surface area contributed by atoms with Crippen LogP contribution in [0.3, 0.4) is 0 Å². The smallest absolute Gasteiger partial charge is 0.158 e. The molecule has 2 heterocycles. The van der Waals surface area contributed by atoms with Crippen molar-refractivity contribution in [2.75, 3.05) is 0 Å². The van der Waals surface area contributed by atoms with E-state index in [0.717, 1.165) is 16.7 Å². The monoisotopic (exact) mass is 241 g/mol. The van der Waals surface area contributed by atoms with E-state index in [1.807, 2.05) is 25.1 Å². The van der Waals surface area contributed by atoms with Gasteiger partial charge in [0, 0.05) is 17.1 Å². The van der Waals surface area contributed by atoms with E-state index in [2.05, 4.69) is 10.1 Å². The van der Waals surface area contributed by atoms with Crippen molar-refractivity contribution in [3.8, 4) is 0 Å². The number of halogens is 1. The lowest BCUT2D eigenvalue weighted by Gasteiger charge is -2.04. The summed E-state index contributed by atoms with van der Waals surface area (Å²) in [5, 5.41) is 5.42. The zero-order chi connectivity index (χ0) is 12.5. The first-order valence-corrected chi connectivity index (χ1v) is 5.77. The van der Waals surface area contributed by atoms with Gasteiger partial charge in [0.2, 0.25) is 0 Å². The summed E-state index contributed by atoms with van der Waals surface area (Å²) in [5.41, 5.74) is 2.32. The van der Waals surface area contributed by atoms with Crippen LogP contribution in [0.4, 0.5) is 4.39 Å².